The summed E-state index contributed by atoms with van der Waals surface area (Å²) in [6, 6.07) is 12.2. The van der Waals surface area contributed by atoms with Crippen molar-refractivity contribution in [3.63, 3.8) is 0 Å². The molecule has 0 saturated heterocycles. The van der Waals surface area contributed by atoms with Gasteiger partial charge in [-0.3, -0.25) is 0 Å². The van der Waals surface area contributed by atoms with Crippen LogP contribution in [0.5, 0.6) is 0 Å². The van der Waals surface area contributed by atoms with Crippen LogP contribution in [0.25, 0.3) is 0 Å². The Morgan fingerprint density at radius 2 is 1.93 bits per heavy atom. The zero-order valence-electron chi connectivity index (χ0n) is 7.44. The standard InChI is InChI=1S/C11H9BrOS/c12-9-3-5-11(6-4-9)14-8-10-2-1-7-13-10/h1-7H,8H2. The molecule has 72 valence electrons. The minimum absolute atomic E-state index is 0.884. The Morgan fingerprint density at radius 3 is 2.57 bits per heavy atom. The van der Waals surface area contributed by atoms with Crippen LogP contribution in [0, 0.1) is 0 Å². The molecule has 0 bridgehead atoms. The summed E-state index contributed by atoms with van der Waals surface area (Å²) in [6.07, 6.45) is 1.71. The maximum atomic E-state index is 5.25. The van der Waals surface area contributed by atoms with Crippen LogP contribution in [-0.4, -0.2) is 0 Å². The van der Waals surface area contributed by atoms with Crippen molar-refractivity contribution < 1.29 is 4.42 Å². The molecular formula is C11H9BrOS. The fourth-order valence-electron chi connectivity index (χ4n) is 1.08. The molecule has 2 aromatic rings. The molecule has 0 aliphatic carbocycles. The lowest BCUT2D eigenvalue weighted by atomic mass is 10.4. The van der Waals surface area contributed by atoms with Crippen molar-refractivity contribution >= 4 is 27.7 Å². The lowest BCUT2D eigenvalue weighted by molar-refractivity contribution is 0.530. The molecule has 1 aromatic heterocycles. The molecule has 0 aliphatic heterocycles. The second kappa shape index (κ2) is 4.71. The molecule has 1 aromatic carbocycles. The van der Waals surface area contributed by atoms with Crippen LogP contribution in [0.2, 0.25) is 0 Å². The van der Waals surface area contributed by atoms with E-state index in [0.717, 1.165) is 16.0 Å². The van der Waals surface area contributed by atoms with Gasteiger partial charge in [0.15, 0.2) is 0 Å². The Kier molecular flexibility index (Phi) is 3.32. The molecule has 0 saturated carbocycles. The molecule has 3 heteroatoms. The number of hydrogen-bond donors (Lipinski definition) is 0. The van der Waals surface area contributed by atoms with Gasteiger partial charge in [0, 0.05) is 9.37 Å². The molecule has 0 radical (unpaired) electrons. The maximum absolute atomic E-state index is 5.25. The highest BCUT2D eigenvalue weighted by Gasteiger charge is 1.97. The molecule has 0 spiro atoms. The van der Waals surface area contributed by atoms with Crippen LogP contribution in [0.1, 0.15) is 5.76 Å². The average Bonchev–Trinajstić information content (AvgIpc) is 2.70. The molecular weight excluding hydrogens is 260 g/mol. The van der Waals surface area contributed by atoms with E-state index in [1.165, 1.54) is 4.90 Å². The summed E-state index contributed by atoms with van der Waals surface area (Å²) in [4.78, 5) is 1.25. The van der Waals surface area contributed by atoms with Crippen LogP contribution in [-0.2, 0) is 5.75 Å². The molecule has 0 fully saturated rings. The Morgan fingerprint density at radius 1 is 1.14 bits per heavy atom. The third-order valence-electron chi connectivity index (χ3n) is 1.77. The van der Waals surface area contributed by atoms with Crippen molar-refractivity contribution in [1.29, 1.82) is 0 Å². The van der Waals surface area contributed by atoms with Gasteiger partial charge in [0.2, 0.25) is 0 Å². The number of rotatable bonds is 3. The van der Waals surface area contributed by atoms with E-state index in [2.05, 4.69) is 28.1 Å². The first-order valence-electron chi connectivity index (χ1n) is 4.25. The fraction of sp³-hybridized carbons (Fsp3) is 0.0909. The third kappa shape index (κ3) is 2.66. The Balaban J connectivity index is 1.95. The zero-order chi connectivity index (χ0) is 9.80. The predicted molar refractivity (Wildman–Crippen MR) is 62.4 cm³/mol. The summed E-state index contributed by atoms with van der Waals surface area (Å²) in [5.74, 6) is 1.90. The monoisotopic (exact) mass is 268 g/mol. The zero-order valence-corrected chi connectivity index (χ0v) is 9.85. The predicted octanol–water partition coefficient (Wildman–Crippen LogP) is 4.33. The summed E-state index contributed by atoms with van der Waals surface area (Å²) in [5.41, 5.74) is 0. The van der Waals surface area contributed by atoms with Crippen molar-refractivity contribution in [3.8, 4) is 0 Å². The Hall–Kier alpha value is -0.670. The first-order valence-corrected chi connectivity index (χ1v) is 6.03. The Labute approximate surface area is 95.6 Å². The second-order valence-corrected chi connectivity index (χ2v) is 4.79. The highest BCUT2D eigenvalue weighted by molar-refractivity contribution is 9.10. The number of thioether (sulfide) groups is 1. The quantitative estimate of drug-likeness (QED) is 0.769. The molecule has 1 nitrogen and oxygen atoms in total. The van der Waals surface area contributed by atoms with Crippen molar-refractivity contribution in [1.82, 2.24) is 0 Å². The van der Waals surface area contributed by atoms with Crippen LogP contribution in [0.4, 0.5) is 0 Å². The summed E-state index contributed by atoms with van der Waals surface area (Å²) >= 11 is 5.18. The van der Waals surface area contributed by atoms with Crippen molar-refractivity contribution in [2.75, 3.05) is 0 Å². The van der Waals surface area contributed by atoms with Crippen LogP contribution in [0.15, 0.2) is 56.4 Å². The molecule has 0 unspecified atom stereocenters. The number of furan rings is 1. The molecule has 0 atom stereocenters. The Bertz CT molecular complexity index is 380. The molecule has 0 amide bonds. The van der Waals surface area contributed by atoms with Gasteiger partial charge in [-0.05, 0) is 36.4 Å². The summed E-state index contributed by atoms with van der Waals surface area (Å²) in [6.45, 7) is 0. The van der Waals surface area contributed by atoms with Gasteiger partial charge in [-0.1, -0.05) is 15.9 Å². The van der Waals surface area contributed by atoms with Crippen LogP contribution in [0.3, 0.4) is 0 Å². The number of halogens is 1. The van der Waals surface area contributed by atoms with Gasteiger partial charge < -0.3 is 4.42 Å². The third-order valence-corrected chi connectivity index (χ3v) is 3.34. The van der Waals surface area contributed by atoms with Gasteiger partial charge in [-0.25, -0.2) is 0 Å². The topological polar surface area (TPSA) is 13.1 Å². The maximum Gasteiger partial charge on any atom is 0.113 e. The minimum Gasteiger partial charge on any atom is -0.468 e. The molecule has 0 N–H and O–H groups in total. The molecule has 1 heterocycles. The summed E-state index contributed by atoms with van der Waals surface area (Å²) < 4.78 is 6.36. The van der Waals surface area contributed by atoms with Gasteiger partial charge >= 0.3 is 0 Å². The average molecular weight is 269 g/mol. The van der Waals surface area contributed by atoms with Gasteiger partial charge in [0.25, 0.3) is 0 Å². The smallest absolute Gasteiger partial charge is 0.113 e. The second-order valence-electron chi connectivity index (χ2n) is 2.82. The van der Waals surface area contributed by atoms with E-state index < -0.39 is 0 Å². The van der Waals surface area contributed by atoms with Gasteiger partial charge in [0.05, 0.1) is 12.0 Å². The molecule has 14 heavy (non-hydrogen) atoms. The number of benzene rings is 1. The van der Waals surface area contributed by atoms with E-state index in [9.17, 15) is 0 Å². The van der Waals surface area contributed by atoms with Crippen LogP contribution < -0.4 is 0 Å². The van der Waals surface area contributed by atoms with Gasteiger partial charge in [-0.2, -0.15) is 0 Å². The SMILES string of the molecule is Brc1ccc(SCc2ccco2)cc1. The molecule has 0 aliphatic rings. The van der Waals surface area contributed by atoms with Crippen molar-refractivity contribution in [2.24, 2.45) is 0 Å². The van der Waals surface area contributed by atoms with Gasteiger partial charge in [0.1, 0.15) is 5.76 Å². The summed E-state index contributed by atoms with van der Waals surface area (Å²) in [5, 5.41) is 0. The van der Waals surface area contributed by atoms with E-state index in [-0.39, 0.29) is 0 Å². The van der Waals surface area contributed by atoms with E-state index in [0.29, 0.717) is 0 Å². The fourth-order valence-corrected chi connectivity index (χ4v) is 2.15. The van der Waals surface area contributed by atoms with Crippen molar-refractivity contribution in [2.45, 2.75) is 10.6 Å². The first kappa shape index (κ1) is 9.87. The number of hydrogen-bond acceptors (Lipinski definition) is 2. The van der Waals surface area contributed by atoms with Crippen molar-refractivity contribution in [3.05, 3.63) is 52.9 Å². The van der Waals surface area contributed by atoms with Crippen LogP contribution >= 0.6 is 27.7 Å². The van der Waals surface area contributed by atoms with E-state index in [1.54, 1.807) is 18.0 Å². The minimum atomic E-state index is 0.884. The lowest BCUT2D eigenvalue weighted by Gasteiger charge is -1.98. The van der Waals surface area contributed by atoms with E-state index in [4.69, 9.17) is 4.42 Å². The highest BCUT2D eigenvalue weighted by Crippen LogP contribution is 2.24. The normalized spacial score (nSPS) is 10.4. The largest absolute Gasteiger partial charge is 0.468 e. The van der Waals surface area contributed by atoms with E-state index >= 15 is 0 Å². The lowest BCUT2D eigenvalue weighted by Crippen LogP contribution is -1.75. The summed E-state index contributed by atoms with van der Waals surface area (Å²) in [7, 11) is 0. The van der Waals surface area contributed by atoms with E-state index in [1.807, 2.05) is 24.3 Å². The van der Waals surface area contributed by atoms with Gasteiger partial charge in [-0.15, -0.1) is 11.8 Å². The first-order chi connectivity index (χ1) is 6.84. The molecule has 2 rings (SSSR count). The highest BCUT2D eigenvalue weighted by atomic mass is 79.9.